The second-order valence-electron chi connectivity index (χ2n) is 18.8. The Bertz CT molecular complexity index is 3350. The number of pyridine rings is 4. The maximum atomic E-state index is 10.7. The summed E-state index contributed by atoms with van der Waals surface area (Å²) in [4.78, 5) is 17.7. The number of aliphatic hydroxyl groups is 2. The Labute approximate surface area is 521 Å². The fraction of sp³-hybridized carbons (Fsp3) is 0.188. The average molecular weight is 1510 g/mol. The number of benzene rings is 6. The van der Waals surface area contributed by atoms with Gasteiger partial charge in [-0.1, -0.05) is 136 Å². The van der Waals surface area contributed by atoms with E-state index >= 15 is 0 Å². The van der Waals surface area contributed by atoms with E-state index in [1.54, 1.807) is 0 Å². The van der Waals surface area contributed by atoms with Crippen LogP contribution < -0.4 is 0 Å². The van der Waals surface area contributed by atoms with Crippen molar-refractivity contribution < 1.29 is 76.6 Å². The second kappa shape index (κ2) is 37.2. The standard InChI is InChI=1S/C20H19N.C20H18N.2C13H12N.CHF3O3S.2CH4O.2Ir/c2*1-15(2)16-8-10-17(11-9-16)19-12-13-21-20(14-19)18-6-4-3-5-7-18;2*1-10-8-13(14-9-11(10)2)12-6-4-3-5-7-12;2-1(3,4)8(5,6)7;2*1-2;;/h3-15H,1-2H3;3-6,8-15H,1-2H3;2*3-6,8-9H,1-2H3;(H,5,6,7);2*2H,1H3;;/q;3*-1;;;;;/p-1. The Kier molecular flexibility index (Phi) is 32.3. The van der Waals surface area contributed by atoms with Gasteiger partial charge in [-0.05, 0) is 119 Å². The van der Waals surface area contributed by atoms with E-state index in [0.717, 1.165) is 59.2 Å². The largest absolute Gasteiger partial charge is 0.741 e. The van der Waals surface area contributed by atoms with Crippen molar-refractivity contribution in [1.82, 2.24) is 19.9 Å². The first kappa shape index (κ1) is 72.9. The van der Waals surface area contributed by atoms with Crippen molar-refractivity contribution in [3.8, 4) is 67.3 Å². The van der Waals surface area contributed by atoms with Gasteiger partial charge in [0.25, 0.3) is 0 Å². The zero-order chi connectivity index (χ0) is 60.2. The molecule has 0 spiro atoms. The van der Waals surface area contributed by atoms with Crippen molar-refractivity contribution in [2.75, 3.05) is 14.2 Å². The van der Waals surface area contributed by atoms with Crippen molar-refractivity contribution in [2.24, 2.45) is 0 Å². The van der Waals surface area contributed by atoms with Gasteiger partial charge in [-0.15, -0.1) is 108 Å². The molecule has 0 saturated heterocycles. The van der Waals surface area contributed by atoms with Gasteiger partial charge in [-0.3, -0.25) is 4.98 Å². The van der Waals surface area contributed by atoms with Crippen molar-refractivity contribution in [1.29, 1.82) is 0 Å². The van der Waals surface area contributed by atoms with Crippen LogP contribution in [-0.2, 0) is 50.3 Å². The third-order valence-electron chi connectivity index (χ3n) is 12.4. The van der Waals surface area contributed by atoms with E-state index < -0.39 is 15.6 Å². The van der Waals surface area contributed by atoms with Gasteiger partial charge in [0.15, 0.2) is 10.1 Å². The molecule has 84 heavy (non-hydrogen) atoms. The summed E-state index contributed by atoms with van der Waals surface area (Å²) in [5, 5.41) is 14.0. The summed E-state index contributed by atoms with van der Waals surface area (Å²) < 4.78 is 58.9. The van der Waals surface area contributed by atoms with Crippen LogP contribution in [0.1, 0.15) is 72.9 Å². The van der Waals surface area contributed by atoms with E-state index in [-0.39, 0.29) is 40.2 Å². The summed E-state index contributed by atoms with van der Waals surface area (Å²) in [6.07, 6.45) is 7.56. The molecule has 2 radical (unpaired) electrons. The maximum Gasteiger partial charge on any atom is 0.485 e. The average Bonchev–Trinajstić information content (AvgIpc) is 3.61. The van der Waals surface area contributed by atoms with Crippen LogP contribution in [0.3, 0.4) is 0 Å². The quantitative estimate of drug-likeness (QED) is 0.0861. The number of nitrogens with zero attached hydrogens (tertiary/aromatic N) is 4. The zero-order valence-corrected chi connectivity index (χ0v) is 54.1. The van der Waals surface area contributed by atoms with Crippen molar-refractivity contribution in [2.45, 2.75) is 72.7 Å². The SMILES string of the molecule is CC(C)c1ccc(-c2ccnc(-c3[c-]cccc3)c2)cc1.CC(C)c1ccc(-c2ccnc(-c3ccccc3)c2)cc1.CO.CO.Cc1cnc(-c2[c-]cccc2)cc1C.Cc1cnc(-c2[c-]cccc2)cc1C.O=S(=O)([O-])C(F)(F)F.[Ir].[Ir]. The Morgan fingerprint density at radius 3 is 1.05 bits per heavy atom. The number of aryl methyl sites for hydroxylation is 4. The van der Waals surface area contributed by atoms with Crippen LogP contribution in [0.5, 0.6) is 0 Å². The van der Waals surface area contributed by atoms with Gasteiger partial charge in [0.1, 0.15) is 0 Å². The van der Waals surface area contributed by atoms with Gasteiger partial charge >= 0.3 is 5.51 Å². The summed E-state index contributed by atoms with van der Waals surface area (Å²) >= 11 is 0. The predicted molar refractivity (Wildman–Crippen MR) is 325 cm³/mol. The molecule has 4 heterocycles. The van der Waals surface area contributed by atoms with Gasteiger partial charge in [0.2, 0.25) is 0 Å². The van der Waals surface area contributed by atoms with E-state index in [1.165, 1.54) is 55.6 Å². The van der Waals surface area contributed by atoms with Gasteiger partial charge in [-0.2, -0.15) is 13.2 Å². The molecule has 444 valence electrons. The Balaban J connectivity index is 0.000000361. The number of aliphatic hydroxyl groups excluding tert-OH is 2. The predicted octanol–water partition coefficient (Wildman–Crippen LogP) is 16.5. The van der Waals surface area contributed by atoms with E-state index in [2.05, 4.69) is 191 Å². The van der Waals surface area contributed by atoms with E-state index in [4.69, 9.17) is 23.2 Å². The molecule has 2 N–H and O–H groups in total. The third kappa shape index (κ3) is 23.5. The van der Waals surface area contributed by atoms with Gasteiger partial charge in [0.05, 0.1) is 5.69 Å². The van der Waals surface area contributed by atoms with Crippen LogP contribution in [0.2, 0.25) is 0 Å². The molecule has 0 amide bonds. The molecule has 0 saturated carbocycles. The molecule has 0 aliphatic heterocycles. The van der Waals surface area contributed by atoms with Crippen molar-refractivity contribution >= 4 is 10.1 Å². The van der Waals surface area contributed by atoms with Crippen LogP contribution in [0.4, 0.5) is 13.2 Å². The maximum absolute atomic E-state index is 10.7. The molecular weight excluding hydrogens is 1440 g/mol. The minimum absolute atomic E-state index is 0. The van der Waals surface area contributed by atoms with Gasteiger partial charge < -0.3 is 29.7 Å². The normalized spacial score (nSPS) is 10.3. The first-order valence-corrected chi connectivity index (χ1v) is 27.6. The Morgan fingerprint density at radius 1 is 0.417 bits per heavy atom. The molecule has 0 aliphatic carbocycles. The number of rotatable bonds is 8. The van der Waals surface area contributed by atoms with Crippen molar-refractivity contribution in [3.05, 3.63) is 264 Å². The van der Waals surface area contributed by atoms with Crippen LogP contribution >= 0.6 is 0 Å². The topological polar surface area (TPSA) is 149 Å². The Hall–Kier alpha value is -7.16. The number of aromatic nitrogens is 4. The molecule has 4 aromatic heterocycles. The second-order valence-corrected chi connectivity index (χ2v) is 20.2. The fourth-order valence-electron chi connectivity index (χ4n) is 7.46. The zero-order valence-electron chi connectivity index (χ0n) is 48.5. The number of hydrogen-bond acceptors (Lipinski definition) is 9. The van der Waals surface area contributed by atoms with E-state index in [9.17, 15) is 13.2 Å². The molecule has 0 unspecified atom stereocenters. The monoisotopic (exact) mass is 1510 g/mol. The molecule has 0 bridgehead atoms. The summed E-state index contributed by atoms with van der Waals surface area (Å²) in [5.74, 6) is 1.13. The smallest absolute Gasteiger partial charge is 0.485 e. The summed E-state index contributed by atoms with van der Waals surface area (Å²) in [6, 6.07) is 73.8. The van der Waals surface area contributed by atoms with Crippen LogP contribution in [0.25, 0.3) is 67.3 Å². The number of hydrogen-bond donors (Lipinski definition) is 2. The molecule has 0 aliphatic rings. The van der Waals surface area contributed by atoms with Gasteiger partial charge in [0, 0.05) is 84.8 Å². The molecule has 0 atom stereocenters. The minimum Gasteiger partial charge on any atom is -0.741 e. The number of alkyl halides is 3. The number of halogens is 3. The van der Waals surface area contributed by atoms with E-state index in [0.29, 0.717) is 11.8 Å². The van der Waals surface area contributed by atoms with E-state index in [1.807, 2.05) is 116 Å². The summed E-state index contributed by atoms with van der Waals surface area (Å²) in [6.45, 7) is 17.2. The molecule has 10 aromatic rings. The van der Waals surface area contributed by atoms with Crippen LogP contribution in [0.15, 0.2) is 213 Å². The van der Waals surface area contributed by atoms with Crippen molar-refractivity contribution in [3.63, 3.8) is 0 Å². The summed E-state index contributed by atoms with van der Waals surface area (Å²) in [5.41, 5.74) is 15.2. The molecule has 15 heteroatoms. The molecule has 10 rings (SSSR count). The molecule has 0 fully saturated rings. The first-order chi connectivity index (χ1) is 39.3. The molecule has 9 nitrogen and oxygen atoms in total. The third-order valence-corrected chi connectivity index (χ3v) is 13.0. The molecular formula is C69H69F3Ir2N4O5S-4. The first-order valence-electron chi connectivity index (χ1n) is 26.1. The Morgan fingerprint density at radius 2 is 0.738 bits per heavy atom. The molecule has 6 aromatic carbocycles. The summed E-state index contributed by atoms with van der Waals surface area (Å²) in [7, 11) is -4.09. The van der Waals surface area contributed by atoms with Gasteiger partial charge in [-0.25, -0.2) is 8.42 Å². The van der Waals surface area contributed by atoms with Crippen LogP contribution in [-0.4, -0.2) is 62.8 Å². The minimum atomic E-state index is -6.09. The fourth-order valence-corrected chi connectivity index (χ4v) is 7.46. The van der Waals surface area contributed by atoms with Crippen LogP contribution in [0, 0.1) is 45.9 Å².